The monoisotopic (exact) mass is 475 g/mol. The van der Waals surface area contributed by atoms with Crippen molar-refractivity contribution in [1.82, 2.24) is 5.32 Å². The van der Waals surface area contributed by atoms with E-state index in [0.29, 0.717) is 18.1 Å². The predicted octanol–water partition coefficient (Wildman–Crippen LogP) is 5.50. The lowest BCUT2D eigenvalue weighted by Gasteiger charge is -2.15. The Morgan fingerprint density at radius 3 is 2.46 bits per heavy atom. The molecule has 7 heteroatoms. The molecule has 2 rings (SSSR count). The minimum absolute atomic E-state index is 0. The van der Waals surface area contributed by atoms with Crippen LogP contribution >= 0.6 is 28.3 Å². The molecule has 0 atom stereocenters. The van der Waals surface area contributed by atoms with Gasteiger partial charge < -0.3 is 19.5 Å². The number of rotatable bonds is 11. The summed E-state index contributed by atoms with van der Waals surface area (Å²) in [5.74, 6) is 1.03. The van der Waals surface area contributed by atoms with Crippen LogP contribution in [-0.2, 0) is 17.9 Å². The average Bonchev–Trinajstić information content (AvgIpc) is 2.64. The van der Waals surface area contributed by atoms with Crippen LogP contribution in [0.5, 0.6) is 11.5 Å². The van der Waals surface area contributed by atoms with Crippen LogP contribution in [-0.4, -0.2) is 26.4 Å². The van der Waals surface area contributed by atoms with E-state index < -0.39 is 0 Å². The lowest BCUT2D eigenvalue weighted by molar-refractivity contribution is 0.0770. The molecule has 0 aliphatic carbocycles. The van der Waals surface area contributed by atoms with Crippen molar-refractivity contribution < 1.29 is 18.6 Å². The molecule has 0 radical (unpaired) electrons. The molecule has 0 bridgehead atoms. The SMILES string of the molecule is COc1cc(CNCCCOC(C)C)cc(Br)c1OCc1ccc(F)cc1.Cl. The molecule has 0 aliphatic heterocycles. The van der Waals surface area contributed by atoms with Crippen molar-refractivity contribution >= 4 is 28.3 Å². The summed E-state index contributed by atoms with van der Waals surface area (Å²) in [6.45, 7) is 6.79. The zero-order valence-corrected chi connectivity index (χ0v) is 18.9. The molecule has 0 fully saturated rings. The second kappa shape index (κ2) is 13.0. The summed E-state index contributed by atoms with van der Waals surface area (Å²) in [7, 11) is 1.62. The normalized spacial score (nSPS) is 10.6. The molecule has 0 saturated heterocycles. The fourth-order valence-electron chi connectivity index (χ4n) is 2.50. The number of halogens is 3. The number of benzene rings is 2. The largest absolute Gasteiger partial charge is 0.493 e. The number of ether oxygens (including phenoxy) is 3. The number of hydrogen-bond donors (Lipinski definition) is 1. The lowest BCUT2D eigenvalue weighted by atomic mass is 10.2. The third-order valence-corrected chi connectivity index (χ3v) is 4.45. The number of methoxy groups -OCH3 is 1. The Labute approximate surface area is 181 Å². The Morgan fingerprint density at radius 1 is 1.11 bits per heavy atom. The van der Waals surface area contributed by atoms with E-state index in [4.69, 9.17) is 14.2 Å². The van der Waals surface area contributed by atoms with Crippen molar-refractivity contribution in [2.45, 2.75) is 39.5 Å². The molecule has 2 aromatic carbocycles. The molecule has 1 N–H and O–H groups in total. The Balaban J connectivity index is 0.00000392. The van der Waals surface area contributed by atoms with Crippen LogP contribution in [0.2, 0.25) is 0 Å². The topological polar surface area (TPSA) is 39.7 Å². The van der Waals surface area contributed by atoms with Crippen molar-refractivity contribution in [2.24, 2.45) is 0 Å². The van der Waals surface area contributed by atoms with Gasteiger partial charge in [-0.1, -0.05) is 12.1 Å². The van der Waals surface area contributed by atoms with Crippen molar-refractivity contribution in [3.05, 3.63) is 57.8 Å². The molecule has 0 unspecified atom stereocenters. The average molecular weight is 477 g/mol. The van der Waals surface area contributed by atoms with E-state index in [1.54, 1.807) is 19.2 Å². The van der Waals surface area contributed by atoms with E-state index >= 15 is 0 Å². The van der Waals surface area contributed by atoms with Crippen LogP contribution in [0.15, 0.2) is 40.9 Å². The van der Waals surface area contributed by atoms with Crippen LogP contribution in [0.3, 0.4) is 0 Å². The summed E-state index contributed by atoms with van der Waals surface area (Å²) >= 11 is 3.56. The molecule has 0 saturated carbocycles. The zero-order chi connectivity index (χ0) is 19.6. The van der Waals surface area contributed by atoms with Gasteiger partial charge in [-0.25, -0.2) is 4.39 Å². The van der Waals surface area contributed by atoms with Crippen molar-refractivity contribution in [2.75, 3.05) is 20.3 Å². The predicted molar refractivity (Wildman–Crippen MR) is 116 cm³/mol. The Kier molecular flexibility index (Phi) is 11.5. The number of nitrogens with one attached hydrogen (secondary N) is 1. The summed E-state index contributed by atoms with van der Waals surface area (Å²) in [5, 5.41) is 3.40. The van der Waals surface area contributed by atoms with Gasteiger partial charge in [0.25, 0.3) is 0 Å². The highest BCUT2D eigenvalue weighted by Crippen LogP contribution is 2.37. The van der Waals surface area contributed by atoms with E-state index in [-0.39, 0.29) is 24.3 Å². The first-order chi connectivity index (χ1) is 13.0. The molecule has 0 aliphatic rings. The molecule has 0 spiro atoms. The fraction of sp³-hybridized carbons (Fsp3) is 0.429. The minimum atomic E-state index is -0.259. The quantitative estimate of drug-likeness (QED) is 0.435. The summed E-state index contributed by atoms with van der Waals surface area (Å²) in [5.41, 5.74) is 1.98. The molecular formula is C21H28BrClFNO3. The molecule has 2 aromatic rings. The summed E-state index contributed by atoms with van der Waals surface area (Å²) in [4.78, 5) is 0. The number of hydrogen-bond acceptors (Lipinski definition) is 4. The van der Waals surface area contributed by atoms with E-state index in [0.717, 1.165) is 41.7 Å². The smallest absolute Gasteiger partial charge is 0.175 e. The molecule has 28 heavy (non-hydrogen) atoms. The van der Waals surface area contributed by atoms with Crippen molar-refractivity contribution in [1.29, 1.82) is 0 Å². The Bertz CT molecular complexity index is 714. The van der Waals surface area contributed by atoms with Crippen LogP contribution in [0.25, 0.3) is 0 Å². The van der Waals surface area contributed by atoms with Gasteiger partial charge >= 0.3 is 0 Å². The molecule has 156 valence electrons. The van der Waals surface area contributed by atoms with E-state index in [9.17, 15) is 4.39 Å². The van der Waals surface area contributed by atoms with Crippen molar-refractivity contribution in [3.63, 3.8) is 0 Å². The van der Waals surface area contributed by atoms with Gasteiger partial charge in [0, 0.05) is 13.2 Å². The summed E-state index contributed by atoms with van der Waals surface area (Å²) in [6.07, 6.45) is 1.24. The highest BCUT2D eigenvalue weighted by atomic mass is 79.9. The fourth-order valence-corrected chi connectivity index (χ4v) is 3.10. The standard InChI is InChI=1S/C21H27BrFNO3.ClH/c1-15(2)26-10-4-9-24-13-17-11-19(22)21(20(12-17)25-3)27-14-16-5-7-18(23)8-6-16;/h5-8,11-12,15,24H,4,9-10,13-14H2,1-3H3;1H. The van der Waals surface area contributed by atoms with Crippen LogP contribution in [0.4, 0.5) is 4.39 Å². The molecule has 4 nitrogen and oxygen atoms in total. The van der Waals surface area contributed by atoms with Crippen LogP contribution < -0.4 is 14.8 Å². The maximum atomic E-state index is 13.0. The highest BCUT2D eigenvalue weighted by Gasteiger charge is 2.12. The van der Waals surface area contributed by atoms with Gasteiger partial charge in [0.15, 0.2) is 11.5 Å². The van der Waals surface area contributed by atoms with E-state index in [1.165, 1.54) is 12.1 Å². The van der Waals surface area contributed by atoms with Gasteiger partial charge in [0.2, 0.25) is 0 Å². The first-order valence-corrected chi connectivity index (χ1v) is 9.85. The maximum Gasteiger partial charge on any atom is 0.175 e. The van der Waals surface area contributed by atoms with Gasteiger partial charge in [0.1, 0.15) is 12.4 Å². The zero-order valence-electron chi connectivity index (χ0n) is 16.5. The van der Waals surface area contributed by atoms with Gasteiger partial charge in [-0.3, -0.25) is 0 Å². The Hall–Kier alpha value is -1.34. The maximum absolute atomic E-state index is 13.0. The van der Waals surface area contributed by atoms with Crippen LogP contribution in [0.1, 0.15) is 31.4 Å². The Morgan fingerprint density at radius 2 is 1.82 bits per heavy atom. The minimum Gasteiger partial charge on any atom is -0.493 e. The molecule has 0 heterocycles. The van der Waals surface area contributed by atoms with Gasteiger partial charge in [0.05, 0.1) is 17.7 Å². The van der Waals surface area contributed by atoms with Crippen LogP contribution in [0, 0.1) is 5.82 Å². The van der Waals surface area contributed by atoms with Gasteiger partial charge in [-0.15, -0.1) is 12.4 Å². The van der Waals surface area contributed by atoms with E-state index in [2.05, 4.69) is 21.2 Å². The molecule has 0 aromatic heterocycles. The van der Waals surface area contributed by atoms with E-state index in [1.807, 2.05) is 26.0 Å². The highest BCUT2D eigenvalue weighted by molar-refractivity contribution is 9.10. The summed E-state index contributed by atoms with van der Waals surface area (Å²) in [6, 6.07) is 10.2. The first kappa shape index (κ1) is 24.7. The third-order valence-electron chi connectivity index (χ3n) is 3.86. The van der Waals surface area contributed by atoms with Crippen molar-refractivity contribution in [3.8, 4) is 11.5 Å². The first-order valence-electron chi connectivity index (χ1n) is 9.05. The summed E-state index contributed by atoms with van der Waals surface area (Å²) < 4.78 is 30.7. The van der Waals surface area contributed by atoms with Gasteiger partial charge in [-0.05, 0) is 78.1 Å². The van der Waals surface area contributed by atoms with Gasteiger partial charge in [-0.2, -0.15) is 0 Å². The lowest BCUT2D eigenvalue weighted by Crippen LogP contribution is -2.17. The second-order valence-electron chi connectivity index (χ2n) is 6.47. The molecular weight excluding hydrogens is 449 g/mol. The third kappa shape index (κ3) is 8.35. The second-order valence-corrected chi connectivity index (χ2v) is 7.33. The molecule has 0 amide bonds.